The molecule has 0 aliphatic rings. The zero-order valence-corrected chi connectivity index (χ0v) is 15.0. The van der Waals surface area contributed by atoms with Crippen LogP contribution in [0.2, 0.25) is 5.02 Å². The summed E-state index contributed by atoms with van der Waals surface area (Å²) in [5.74, 6) is -1.11. The molecule has 0 fully saturated rings. The molecule has 8 heteroatoms. The number of amides is 1. The average molecular weight is 386 g/mol. The summed E-state index contributed by atoms with van der Waals surface area (Å²) in [6.07, 6.45) is 0. The average Bonchev–Trinajstić information content (AvgIpc) is 3.17. The summed E-state index contributed by atoms with van der Waals surface area (Å²) in [6.45, 7) is 0. The molecule has 2 aromatic carbocycles. The van der Waals surface area contributed by atoms with E-state index in [0.717, 1.165) is 5.56 Å². The molecule has 3 N–H and O–H groups in total. The maximum atomic E-state index is 12.5. The van der Waals surface area contributed by atoms with Crippen LogP contribution in [0.15, 0.2) is 54.6 Å². The summed E-state index contributed by atoms with van der Waals surface area (Å²) < 4.78 is 5.11. The minimum atomic E-state index is -1.28. The molecular formula is C19H16ClN3O4. The quantitative estimate of drug-likeness (QED) is 0.604. The number of hydrogen-bond acceptors (Lipinski definition) is 4. The predicted molar refractivity (Wildman–Crippen MR) is 99.9 cm³/mol. The topological polar surface area (TPSA) is 104 Å². The van der Waals surface area contributed by atoms with E-state index in [1.807, 2.05) is 0 Å². The van der Waals surface area contributed by atoms with Gasteiger partial charge in [0.15, 0.2) is 6.04 Å². The third-order valence-corrected chi connectivity index (χ3v) is 4.29. The number of nitrogens with zero attached hydrogens (tertiary/aromatic N) is 1. The van der Waals surface area contributed by atoms with Gasteiger partial charge in [-0.1, -0.05) is 29.8 Å². The van der Waals surface area contributed by atoms with Crippen LogP contribution in [0.25, 0.3) is 11.3 Å². The number of H-pyrrole nitrogens is 1. The van der Waals surface area contributed by atoms with E-state index in [9.17, 15) is 14.7 Å². The van der Waals surface area contributed by atoms with Crippen molar-refractivity contribution in [2.45, 2.75) is 6.04 Å². The maximum Gasteiger partial charge on any atom is 0.330 e. The highest BCUT2D eigenvalue weighted by molar-refractivity contribution is 6.31. The molecular weight excluding hydrogens is 370 g/mol. The van der Waals surface area contributed by atoms with Crippen molar-refractivity contribution in [3.8, 4) is 17.0 Å². The Hall–Kier alpha value is -3.32. The predicted octanol–water partition coefficient (Wildman–Crippen LogP) is 3.29. The Morgan fingerprint density at radius 1 is 1.19 bits per heavy atom. The first-order valence-corrected chi connectivity index (χ1v) is 8.35. The lowest BCUT2D eigenvalue weighted by Gasteiger charge is -2.15. The van der Waals surface area contributed by atoms with Gasteiger partial charge in [-0.3, -0.25) is 9.89 Å². The van der Waals surface area contributed by atoms with Crippen LogP contribution in [-0.4, -0.2) is 34.3 Å². The SMILES string of the molecule is COc1ccc(-c2cc(C(=O)N[C@@H](C(=O)O)c3ccccc3Cl)[nH]n2)cc1. The molecule has 3 aromatic rings. The van der Waals surface area contributed by atoms with Crippen molar-refractivity contribution in [1.82, 2.24) is 15.5 Å². The smallest absolute Gasteiger partial charge is 0.330 e. The van der Waals surface area contributed by atoms with Crippen LogP contribution >= 0.6 is 11.6 Å². The Balaban J connectivity index is 1.80. The Bertz CT molecular complexity index is 969. The molecule has 0 radical (unpaired) electrons. The minimum Gasteiger partial charge on any atom is -0.497 e. The largest absolute Gasteiger partial charge is 0.497 e. The second-order valence-corrected chi connectivity index (χ2v) is 6.07. The van der Waals surface area contributed by atoms with E-state index in [1.165, 1.54) is 0 Å². The summed E-state index contributed by atoms with van der Waals surface area (Å²) in [5.41, 5.74) is 1.77. The van der Waals surface area contributed by atoms with Gasteiger partial charge in [0.05, 0.1) is 12.8 Å². The third-order valence-electron chi connectivity index (χ3n) is 3.95. The first kappa shape index (κ1) is 18.5. The van der Waals surface area contributed by atoms with Crippen LogP contribution in [0.3, 0.4) is 0 Å². The number of hydrogen-bond donors (Lipinski definition) is 3. The fourth-order valence-electron chi connectivity index (χ4n) is 2.54. The normalized spacial score (nSPS) is 11.6. The second kappa shape index (κ2) is 7.92. The molecule has 1 heterocycles. The molecule has 1 atom stereocenters. The monoisotopic (exact) mass is 385 g/mol. The molecule has 0 unspecified atom stereocenters. The number of ether oxygens (including phenoxy) is 1. The second-order valence-electron chi connectivity index (χ2n) is 5.66. The highest BCUT2D eigenvalue weighted by atomic mass is 35.5. The molecule has 1 amide bonds. The number of benzene rings is 2. The van der Waals surface area contributed by atoms with E-state index >= 15 is 0 Å². The van der Waals surface area contributed by atoms with Crippen molar-refractivity contribution in [3.63, 3.8) is 0 Å². The van der Waals surface area contributed by atoms with Gasteiger partial charge in [0.2, 0.25) is 0 Å². The van der Waals surface area contributed by atoms with Crippen molar-refractivity contribution in [1.29, 1.82) is 0 Å². The van der Waals surface area contributed by atoms with Gasteiger partial charge in [0.1, 0.15) is 11.4 Å². The number of halogens is 1. The van der Waals surface area contributed by atoms with Crippen LogP contribution in [0.5, 0.6) is 5.75 Å². The standard InChI is InChI=1S/C19H16ClN3O4/c1-27-12-8-6-11(7-9-12)15-10-16(23-22-15)18(24)21-17(19(25)26)13-4-2-3-5-14(13)20/h2-10,17H,1H3,(H,21,24)(H,22,23)(H,25,26)/t17-/m1/s1. The fourth-order valence-corrected chi connectivity index (χ4v) is 2.78. The van der Waals surface area contributed by atoms with Gasteiger partial charge in [0, 0.05) is 16.1 Å². The molecule has 3 rings (SSSR count). The van der Waals surface area contributed by atoms with Gasteiger partial charge >= 0.3 is 5.97 Å². The fraction of sp³-hybridized carbons (Fsp3) is 0.105. The molecule has 0 saturated heterocycles. The number of aliphatic carboxylic acids is 1. The van der Waals surface area contributed by atoms with Gasteiger partial charge in [-0.25, -0.2) is 4.79 Å². The molecule has 0 spiro atoms. The molecule has 0 aliphatic carbocycles. The molecule has 27 heavy (non-hydrogen) atoms. The van der Waals surface area contributed by atoms with Crippen LogP contribution in [-0.2, 0) is 4.79 Å². The van der Waals surface area contributed by atoms with Crippen LogP contribution in [0.4, 0.5) is 0 Å². The minimum absolute atomic E-state index is 0.138. The number of aromatic nitrogens is 2. The van der Waals surface area contributed by atoms with Crippen molar-refractivity contribution < 1.29 is 19.4 Å². The van der Waals surface area contributed by atoms with Gasteiger partial charge in [-0.2, -0.15) is 5.10 Å². The Kier molecular flexibility index (Phi) is 5.42. The van der Waals surface area contributed by atoms with Crippen molar-refractivity contribution in [2.24, 2.45) is 0 Å². The van der Waals surface area contributed by atoms with Crippen molar-refractivity contribution in [2.75, 3.05) is 7.11 Å². The van der Waals surface area contributed by atoms with Crippen molar-refractivity contribution in [3.05, 3.63) is 70.9 Å². The number of rotatable bonds is 6. The lowest BCUT2D eigenvalue weighted by atomic mass is 10.1. The zero-order chi connectivity index (χ0) is 19.4. The number of nitrogens with one attached hydrogen (secondary N) is 2. The molecule has 0 bridgehead atoms. The molecule has 7 nitrogen and oxygen atoms in total. The number of carbonyl (C=O) groups is 2. The van der Waals surface area contributed by atoms with Crippen LogP contribution in [0.1, 0.15) is 22.1 Å². The van der Waals surface area contributed by atoms with Crippen LogP contribution in [0, 0.1) is 0 Å². The summed E-state index contributed by atoms with van der Waals surface area (Å²) in [6, 6.07) is 13.9. The van der Waals surface area contributed by atoms with E-state index in [0.29, 0.717) is 17.0 Å². The summed E-state index contributed by atoms with van der Waals surface area (Å²) in [7, 11) is 1.57. The van der Waals surface area contributed by atoms with E-state index in [4.69, 9.17) is 16.3 Å². The van der Waals surface area contributed by atoms with E-state index in [1.54, 1.807) is 61.7 Å². The van der Waals surface area contributed by atoms with E-state index in [2.05, 4.69) is 15.5 Å². The lowest BCUT2D eigenvalue weighted by Crippen LogP contribution is -2.34. The Labute approximate surface area is 159 Å². The molecule has 138 valence electrons. The highest BCUT2D eigenvalue weighted by Crippen LogP contribution is 2.24. The van der Waals surface area contributed by atoms with Crippen molar-refractivity contribution >= 4 is 23.5 Å². The Morgan fingerprint density at radius 2 is 1.89 bits per heavy atom. The maximum absolute atomic E-state index is 12.5. The summed E-state index contributed by atoms with van der Waals surface area (Å²) >= 11 is 6.06. The third kappa shape index (κ3) is 4.09. The Morgan fingerprint density at radius 3 is 2.52 bits per heavy atom. The van der Waals surface area contributed by atoms with E-state index < -0.39 is 17.9 Å². The highest BCUT2D eigenvalue weighted by Gasteiger charge is 2.25. The van der Waals surface area contributed by atoms with Gasteiger partial charge < -0.3 is 15.2 Å². The first-order chi connectivity index (χ1) is 13.0. The molecule has 0 saturated carbocycles. The summed E-state index contributed by atoms with van der Waals surface area (Å²) in [4.78, 5) is 24.1. The summed E-state index contributed by atoms with van der Waals surface area (Å²) in [5, 5.41) is 18.9. The number of carbonyl (C=O) groups excluding carboxylic acids is 1. The van der Waals surface area contributed by atoms with Gasteiger partial charge in [-0.15, -0.1) is 0 Å². The number of methoxy groups -OCH3 is 1. The van der Waals surface area contributed by atoms with E-state index in [-0.39, 0.29) is 10.7 Å². The van der Waals surface area contributed by atoms with Gasteiger partial charge in [0.25, 0.3) is 5.91 Å². The molecule has 0 aliphatic heterocycles. The number of aromatic amines is 1. The number of carboxylic acid groups (broad SMARTS) is 1. The zero-order valence-electron chi connectivity index (χ0n) is 14.3. The van der Waals surface area contributed by atoms with Gasteiger partial charge in [-0.05, 0) is 36.4 Å². The lowest BCUT2D eigenvalue weighted by molar-refractivity contribution is -0.139. The van der Waals surface area contributed by atoms with Crippen LogP contribution < -0.4 is 10.1 Å². The first-order valence-electron chi connectivity index (χ1n) is 7.97. The number of carboxylic acids is 1. The molecule has 1 aromatic heterocycles.